The van der Waals surface area contributed by atoms with Gasteiger partial charge in [0.2, 0.25) is 5.91 Å². The van der Waals surface area contributed by atoms with Gasteiger partial charge in [-0.25, -0.2) is 0 Å². The molecule has 3 rings (SSSR count). The van der Waals surface area contributed by atoms with Gasteiger partial charge in [-0.15, -0.1) is 10.2 Å². The molecule has 148 valence electrons. The topological polar surface area (TPSA) is 82.2 Å². The Morgan fingerprint density at radius 3 is 2.86 bits per heavy atom. The molecule has 2 heterocycles. The van der Waals surface area contributed by atoms with Crippen LogP contribution in [-0.2, 0) is 11.3 Å². The lowest BCUT2D eigenvalue weighted by Crippen LogP contribution is -2.28. The van der Waals surface area contributed by atoms with Gasteiger partial charge < -0.3 is 14.5 Å². The number of aryl methyl sites for hydroxylation is 1. The van der Waals surface area contributed by atoms with E-state index in [4.69, 9.17) is 9.15 Å². The smallest absolute Gasteiger partial charge is 0.230 e. The number of hydrogen-bond donors (Lipinski definition) is 1. The molecule has 0 radical (unpaired) electrons. The largest absolute Gasteiger partial charge is 0.496 e. The third-order valence-electron chi connectivity index (χ3n) is 4.34. The minimum Gasteiger partial charge on any atom is -0.496 e. The van der Waals surface area contributed by atoms with Crippen LogP contribution in [0.1, 0.15) is 31.0 Å². The molecule has 0 bridgehead atoms. The highest BCUT2D eigenvalue weighted by atomic mass is 32.2. The Morgan fingerprint density at radius 1 is 1.36 bits per heavy atom. The van der Waals surface area contributed by atoms with Crippen molar-refractivity contribution in [3.63, 3.8) is 0 Å². The van der Waals surface area contributed by atoms with E-state index in [0.29, 0.717) is 23.3 Å². The molecular formula is C20H24N4O3S. The zero-order valence-electron chi connectivity index (χ0n) is 16.4. The molecule has 2 aromatic heterocycles. The Morgan fingerprint density at radius 2 is 2.18 bits per heavy atom. The molecule has 7 nitrogen and oxygen atoms in total. The van der Waals surface area contributed by atoms with E-state index in [9.17, 15) is 4.79 Å². The van der Waals surface area contributed by atoms with Gasteiger partial charge in [0.15, 0.2) is 16.7 Å². The summed E-state index contributed by atoms with van der Waals surface area (Å²) in [4.78, 5) is 12.5. The zero-order chi connectivity index (χ0) is 20.1. The van der Waals surface area contributed by atoms with Crippen LogP contribution in [0, 0.1) is 6.92 Å². The van der Waals surface area contributed by atoms with Crippen LogP contribution in [0.5, 0.6) is 5.75 Å². The van der Waals surface area contributed by atoms with Crippen LogP contribution in [0.15, 0.2) is 46.2 Å². The third-order valence-corrected chi connectivity index (χ3v) is 5.30. The highest BCUT2D eigenvalue weighted by Gasteiger charge is 2.18. The van der Waals surface area contributed by atoms with Gasteiger partial charge in [0.05, 0.1) is 25.2 Å². The molecule has 1 atom stereocenters. The molecule has 0 aliphatic carbocycles. The maximum atomic E-state index is 12.5. The van der Waals surface area contributed by atoms with E-state index in [0.717, 1.165) is 16.9 Å². The standard InChI is InChI=1S/C20H24N4O3S/c1-5-24-19(17-7-6-10-27-17)22-23-20(24)28-12-18(25)21-14(3)15-11-13(2)8-9-16(15)26-4/h6-11,14H,5,12H2,1-4H3,(H,21,25)/t14-/m1/s1. The van der Waals surface area contributed by atoms with Gasteiger partial charge in [-0.3, -0.25) is 9.36 Å². The number of carbonyl (C=O) groups is 1. The van der Waals surface area contributed by atoms with Crippen molar-refractivity contribution in [2.75, 3.05) is 12.9 Å². The molecule has 0 spiro atoms. The third kappa shape index (κ3) is 4.39. The highest BCUT2D eigenvalue weighted by Crippen LogP contribution is 2.27. The van der Waals surface area contributed by atoms with E-state index in [1.165, 1.54) is 11.8 Å². The number of thioether (sulfide) groups is 1. The monoisotopic (exact) mass is 400 g/mol. The lowest BCUT2D eigenvalue weighted by molar-refractivity contribution is -0.119. The number of aromatic nitrogens is 3. The van der Waals surface area contributed by atoms with E-state index in [-0.39, 0.29) is 17.7 Å². The molecule has 28 heavy (non-hydrogen) atoms. The number of carbonyl (C=O) groups excluding carboxylic acids is 1. The number of ether oxygens (including phenoxy) is 1. The first-order chi connectivity index (χ1) is 13.5. The Bertz CT molecular complexity index is 937. The van der Waals surface area contributed by atoms with E-state index in [1.807, 2.05) is 55.7 Å². The Kier molecular flexibility index (Phi) is 6.41. The summed E-state index contributed by atoms with van der Waals surface area (Å²) in [5.41, 5.74) is 2.07. The second-order valence-corrected chi connectivity index (χ2v) is 7.29. The summed E-state index contributed by atoms with van der Waals surface area (Å²) in [7, 11) is 1.63. The number of nitrogens with one attached hydrogen (secondary N) is 1. The molecule has 0 fully saturated rings. The number of benzene rings is 1. The second-order valence-electron chi connectivity index (χ2n) is 6.35. The number of hydrogen-bond acceptors (Lipinski definition) is 6. The first-order valence-electron chi connectivity index (χ1n) is 9.07. The minimum absolute atomic E-state index is 0.0775. The second kappa shape index (κ2) is 8.97. The van der Waals surface area contributed by atoms with Gasteiger partial charge in [-0.1, -0.05) is 29.5 Å². The number of rotatable bonds is 8. The van der Waals surface area contributed by atoms with E-state index in [1.54, 1.807) is 13.4 Å². The summed E-state index contributed by atoms with van der Waals surface area (Å²) in [6.07, 6.45) is 1.60. The average Bonchev–Trinajstić information content (AvgIpc) is 3.35. The summed E-state index contributed by atoms with van der Waals surface area (Å²) in [6.45, 7) is 6.65. The zero-order valence-corrected chi connectivity index (χ0v) is 17.2. The van der Waals surface area contributed by atoms with Gasteiger partial charge in [0.1, 0.15) is 5.75 Å². The Hall–Kier alpha value is -2.74. The summed E-state index contributed by atoms with van der Waals surface area (Å²) in [5, 5.41) is 12.1. The molecule has 1 N–H and O–H groups in total. The van der Waals surface area contributed by atoms with E-state index in [2.05, 4.69) is 15.5 Å². The highest BCUT2D eigenvalue weighted by molar-refractivity contribution is 7.99. The molecule has 3 aromatic rings. The fourth-order valence-electron chi connectivity index (χ4n) is 2.95. The maximum absolute atomic E-state index is 12.5. The lowest BCUT2D eigenvalue weighted by Gasteiger charge is -2.18. The minimum atomic E-state index is -0.161. The first-order valence-corrected chi connectivity index (χ1v) is 10.1. The average molecular weight is 401 g/mol. The number of methoxy groups -OCH3 is 1. The van der Waals surface area contributed by atoms with Crippen LogP contribution >= 0.6 is 11.8 Å². The molecule has 0 unspecified atom stereocenters. The van der Waals surface area contributed by atoms with Crippen LogP contribution in [0.25, 0.3) is 11.6 Å². The van der Waals surface area contributed by atoms with Crippen molar-refractivity contribution in [1.82, 2.24) is 20.1 Å². The molecule has 0 aliphatic rings. The van der Waals surface area contributed by atoms with Crippen molar-refractivity contribution in [2.24, 2.45) is 0 Å². The van der Waals surface area contributed by atoms with Gasteiger partial charge >= 0.3 is 0 Å². The molecular weight excluding hydrogens is 376 g/mol. The summed E-state index contributed by atoms with van der Waals surface area (Å²) < 4.78 is 12.8. The molecule has 8 heteroatoms. The van der Waals surface area contributed by atoms with E-state index < -0.39 is 0 Å². The fourth-order valence-corrected chi connectivity index (χ4v) is 3.77. The van der Waals surface area contributed by atoms with E-state index >= 15 is 0 Å². The fraction of sp³-hybridized carbons (Fsp3) is 0.350. The van der Waals surface area contributed by atoms with Gasteiger partial charge in [0, 0.05) is 12.1 Å². The number of amides is 1. The van der Waals surface area contributed by atoms with Crippen LogP contribution < -0.4 is 10.1 Å². The van der Waals surface area contributed by atoms with Gasteiger partial charge in [0.25, 0.3) is 0 Å². The number of furan rings is 1. The lowest BCUT2D eigenvalue weighted by atomic mass is 10.0. The van der Waals surface area contributed by atoms with Crippen molar-refractivity contribution >= 4 is 17.7 Å². The van der Waals surface area contributed by atoms with Crippen molar-refractivity contribution in [3.05, 3.63) is 47.7 Å². The predicted molar refractivity (Wildman–Crippen MR) is 108 cm³/mol. The molecule has 1 aromatic carbocycles. The quantitative estimate of drug-likeness (QED) is 0.579. The van der Waals surface area contributed by atoms with Gasteiger partial charge in [-0.2, -0.15) is 0 Å². The Labute approximate surface area is 168 Å². The van der Waals surface area contributed by atoms with Crippen molar-refractivity contribution in [3.8, 4) is 17.3 Å². The normalized spacial score (nSPS) is 12.0. The SMILES string of the molecule is CCn1c(SCC(=O)N[C@H](C)c2cc(C)ccc2OC)nnc1-c1ccco1. The summed E-state index contributed by atoms with van der Waals surface area (Å²) >= 11 is 1.35. The van der Waals surface area contributed by atoms with Crippen molar-refractivity contribution < 1.29 is 13.9 Å². The van der Waals surface area contributed by atoms with Crippen LogP contribution in [-0.4, -0.2) is 33.5 Å². The van der Waals surface area contributed by atoms with Crippen LogP contribution in [0.4, 0.5) is 0 Å². The first kappa shape index (κ1) is 20.0. The molecule has 0 saturated carbocycles. The molecule has 1 amide bonds. The summed E-state index contributed by atoms with van der Waals surface area (Å²) in [5.74, 6) is 2.25. The molecule has 0 aliphatic heterocycles. The van der Waals surface area contributed by atoms with Crippen molar-refractivity contribution in [2.45, 2.75) is 38.5 Å². The number of nitrogens with zero attached hydrogens (tertiary/aromatic N) is 3. The van der Waals surface area contributed by atoms with Crippen molar-refractivity contribution in [1.29, 1.82) is 0 Å². The summed E-state index contributed by atoms with van der Waals surface area (Å²) in [6, 6.07) is 9.42. The molecule has 0 saturated heterocycles. The van der Waals surface area contributed by atoms with Gasteiger partial charge in [-0.05, 0) is 39.0 Å². The maximum Gasteiger partial charge on any atom is 0.230 e. The Balaban J connectivity index is 1.64. The van der Waals surface area contributed by atoms with Crippen LogP contribution in [0.3, 0.4) is 0 Å². The van der Waals surface area contributed by atoms with Crippen LogP contribution in [0.2, 0.25) is 0 Å². The predicted octanol–water partition coefficient (Wildman–Crippen LogP) is 3.84.